The summed E-state index contributed by atoms with van der Waals surface area (Å²) in [7, 11) is 0. The Morgan fingerprint density at radius 2 is 1.89 bits per heavy atom. The molecule has 0 saturated heterocycles. The molecule has 0 aliphatic heterocycles. The van der Waals surface area contributed by atoms with E-state index in [4.69, 9.17) is 0 Å². The van der Waals surface area contributed by atoms with E-state index in [2.05, 4.69) is 43.4 Å². The summed E-state index contributed by atoms with van der Waals surface area (Å²) < 4.78 is 0. The second-order valence-corrected chi connectivity index (χ2v) is 7.19. The third-order valence-corrected chi connectivity index (χ3v) is 5.17. The largest absolute Gasteiger partial charge is 0.309 e. The lowest BCUT2D eigenvalue weighted by Gasteiger charge is -2.29. The van der Waals surface area contributed by atoms with Gasteiger partial charge in [0, 0.05) is 6.04 Å². The fourth-order valence-electron chi connectivity index (χ4n) is 4.11. The first-order valence-electron chi connectivity index (χ1n) is 7.98. The summed E-state index contributed by atoms with van der Waals surface area (Å²) in [4.78, 5) is 0. The van der Waals surface area contributed by atoms with Gasteiger partial charge in [0.25, 0.3) is 0 Å². The van der Waals surface area contributed by atoms with E-state index < -0.39 is 0 Å². The van der Waals surface area contributed by atoms with Crippen LogP contribution in [0.15, 0.2) is 24.3 Å². The molecule has 1 nitrogen and oxygen atoms in total. The van der Waals surface area contributed by atoms with Crippen LogP contribution in [0.4, 0.5) is 0 Å². The molecule has 1 saturated carbocycles. The van der Waals surface area contributed by atoms with Gasteiger partial charge in [0.05, 0.1) is 0 Å². The molecular formula is C18H27N. The van der Waals surface area contributed by atoms with Gasteiger partial charge in [-0.3, -0.25) is 0 Å². The van der Waals surface area contributed by atoms with Crippen molar-refractivity contribution in [2.24, 2.45) is 11.3 Å². The molecule has 1 fully saturated rings. The maximum atomic E-state index is 3.85. The first-order chi connectivity index (χ1) is 9.17. The molecule has 1 atom stereocenters. The Kier molecular flexibility index (Phi) is 3.66. The normalized spacial score (nSPS) is 25.7. The molecule has 2 aliphatic carbocycles. The lowest BCUT2D eigenvalue weighted by Crippen LogP contribution is -2.32. The van der Waals surface area contributed by atoms with Crippen molar-refractivity contribution in [2.75, 3.05) is 6.54 Å². The summed E-state index contributed by atoms with van der Waals surface area (Å²) in [6, 6.07) is 9.53. The number of rotatable bonds is 4. The van der Waals surface area contributed by atoms with Crippen molar-refractivity contribution in [3.05, 3.63) is 35.4 Å². The standard InChI is InChI=1S/C18H27N/c1-18(2)13-15-9-5-6-10-16(15)17(18)19-12-11-14-7-3-4-8-14/h5-6,9-10,14,17,19H,3-4,7-8,11-13H2,1-2H3. The SMILES string of the molecule is CC1(C)Cc2ccccc2C1NCCC1CCCC1. The molecule has 1 heteroatoms. The summed E-state index contributed by atoms with van der Waals surface area (Å²) in [5.74, 6) is 0.993. The molecule has 104 valence electrons. The average molecular weight is 257 g/mol. The van der Waals surface area contributed by atoms with Crippen LogP contribution in [0.5, 0.6) is 0 Å². The van der Waals surface area contributed by atoms with Gasteiger partial charge in [-0.1, -0.05) is 63.8 Å². The van der Waals surface area contributed by atoms with Gasteiger partial charge in [0.1, 0.15) is 0 Å². The van der Waals surface area contributed by atoms with Crippen molar-refractivity contribution in [1.82, 2.24) is 5.32 Å². The monoisotopic (exact) mass is 257 g/mol. The predicted octanol–water partition coefficient (Wildman–Crippen LogP) is 4.48. The van der Waals surface area contributed by atoms with Gasteiger partial charge < -0.3 is 5.32 Å². The quantitative estimate of drug-likeness (QED) is 0.838. The molecule has 1 aromatic rings. The molecule has 0 heterocycles. The molecule has 1 aromatic carbocycles. The van der Waals surface area contributed by atoms with Crippen molar-refractivity contribution in [3.8, 4) is 0 Å². The maximum absolute atomic E-state index is 3.85. The fourth-order valence-corrected chi connectivity index (χ4v) is 4.11. The van der Waals surface area contributed by atoms with Crippen molar-refractivity contribution in [2.45, 2.75) is 58.4 Å². The molecule has 2 aliphatic rings. The van der Waals surface area contributed by atoms with Crippen LogP contribution in [0.3, 0.4) is 0 Å². The van der Waals surface area contributed by atoms with Crippen molar-refractivity contribution in [3.63, 3.8) is 0 Å². The highest BCUT2D eigenvalue weighted by Crippen LogP contribution is 2.45. The van der Waals surface area contributed by atoms with E-state index in [1.807, 2.05) is 0 Å². The molecule has 0 aromatic heterocycles. The van der Waals surface area contributed by atoms with Crippen molar-refractivity contribution in [1.29, 1.82) is 0 Å². The van der Waals surface area contributed by atoms with Gasteiger partial charge in [-0.15, -0.1) is 0 Å². The number of nitrogens with one attached hydrogen (secondary N) is 1. The van der Waals surface area contributed by atoms with Crippen LogP contribution in [0, 0.1) is 11.3 Å². The average Bonchev–Trinajstić information content (AvgIpc) is 2.96. The number of hydrogen-bond acceptors (Lipinski definition) is 1. The van der Waals surface area contributed by atoms with E-state index in [1.165, 1.54) is 45.1 Å². The first kappa shape index (κ1) is 13.2. The van der Waals surface area contributed by atoms with E-state index in [-0.39, 0.29) is 0 Å². The Hall–Kier alpha value is -0.820. The third kappa shape index (κ3) is 2.72. The third-order valence-electron chi connectivity index (χ3n) is 5.17. The Morgan fingerprint density at radius 3 is 2.68 bits per heavy atom. The second kappa shape index (κ2) is 5.28. The smallest absolute Gasteiger partial charge is 0.0377 e. The maximum Gasteiger partial charge on any atom is 0.0377 e. The minimum Gasteiger partial charge on any atom is -0.309 e. The Morgan fingerprint density at radius 1 is 1.16 bits per heavy atom. The summed E-state index contributed by atoms with van der Waals surface area (Å²) in [5, 5.41) is 3.85. The molecule has 0 bridgehead atoms. The molecule has 0 radical (unpaired) electrons. The predicted molar refractivity (Wildman–Crippen MR) is 81.2 cm³/mol. The lowest BCUT2D eigenvalue weighted by atomic mass is 9.85. The zero-order valence-electron chi connectivity index (χ0n) is 12.4. The fraction of sp³-hybridized carbons (Fsp3) is 0.667. The molecule has 1 unspecified atom stereocenters. The summed E-state index contributed by atoms with van der Waals surface area (Å²) >= 11 is 0. The van der Waals surface area contributed by atoms with Crippen LogP contribution < -0.4 is 5.32 Å². The van der Waals surface area contributed by atoms with E-state index in [0.717, 1.165) is 5.92 Å². The number of benzene rings is 1. The zero-order chi connectivity index (χ0) is 13.3. The van der Waals surface area contributed by atoms with Crippen LogP contribution in [0.25, 0.3) is 0 Å². The number of fused-ring (bicyclic) bond motifs is 1. The van der Waals surface area contributed by atoms with Gasteiger partial charge in [-0.25, -0.2) is 0 Å². The highest BCUT2D eigenvalue weighted by Gasteiger charge is 2.38. The Balaban J connectivity index is 1.62. The zero-order valence-corrected chi connectivity index (χ0v) is 12.4. The van der Waals surface area contributed by atoms with Crippen LogP contribution in [0.2, 0.25) is 0 Å². The minimum atomic E-state index is 0.360. The topological polar surface area (TPSA) is 12.0 Å². The summed E-state index contributed by atoms with van der Waals surface area (Å²) in [6.45, 7) is 5.99. The lowest BCUT2D eigenvalue weighted by molar-refractivity contribution is 0.264. The Labute approximate surface area is 117 Å². The van der Waals surface area contributed by atoms with Crippen LogP contribution in [-0.4, -0.2) is 6.54 Å². The van der Waals surface area contributed by atoms with Gasteiger partial charge >= 0.3 is 0 Å². The summed E-state index contributed by atoms with van der Waals surface area (Å²) in [6.07, 6.45) is 8.43. The van der Waals surface area contributed by atoms with Gasteiger partial charge in [-0.2, -0.15) is 0 Å². The van der Waals surface area contributed by atoms with Crippen LogP contribution in [0.1, 0.15) is 63.1 Å². The highest BCUT2D eigenvalue weighted by molar-refractivity contribution is 5.37. The Bertz CT molecular complexity index is 429. The highest BCUT2D eigenvalue weighted by atomic mass is 14.9. The summed E-state index contributed by atoms with van der Waals surface area (Å²) in [5.41, 5.74) is 3.45. The van der Waals surface area contributed by atoms with Gasteiger partial charge in [0.2, 0.25) is 0 Å². The molecule has 0 spiro atoms. The molecule has 1 N–H and O–H groups in total. The first-order valence-corrected chi connectivity index (χ1v) is 7.98. The van der Waals surface area contributed by atoms with Crippen LogP contribution in [-0.2, 0) is 6.42 Å². The second-order valence-electron chi connectivity index (χ2n) is 7.19. The molecule has 3 rings (SSSR count). The number of hydrogen-bond donors (Lipinski definition) is 1. The van der Waals surface area contributed by atoms with Crippen LogP contribution >= 0.6 is 0 Å². The van der Waals surface area contributed by atoms with Gasteiger partial charge in [-0.05, 0) is 41.8 Å². The van der Waals surface area contributed by atoms with E-state index in [1.54, 1.807) is 11.1 Å². The molecular weight excluding hydrogens is 230 g/mol. The molecule has 0 amide bonds. The van der Waals surface area contributed by atoms with E-state index >= 15 is 0 Å². The van der Waals surface area contributed by atoms with Crippen molar-refractivity contribution >= 4 is 0 Å². The van der Waals surface area contributed by atoms with E-state index in [9.17, 15) is 0 Å². The molecule has 19 heavy (non-hydrogen) atoms. The minimum absolute atomic E-state index is 0.360. The van der Waals surface area contributed by atoms with Crippen molar-refractivity contribution < 1.29 is 0 Å². The van der Waals surface area contributed by atoms with E-state index in [0.29, 0.717) is 11.5 Å². The van der Waals surface area contributed by atoms with Gasteiger partial charge in [0.15, 0.2) is 0 Å².